The summed E-state index contributed by atoms with van der Waals surface area (Å²) in [5.41, 5.74) is 1.73. The van der Waals surface area contributed by atoms with Crippen molar-refractivity contribution >= 4 is 21.8 Å². The summed E-state index contributed by atoms with van der Waals surface area (Å²) in [5, 5.41) is 20.1. The molecule has 0 atom stereocenters. The Morgan fingerprint density at radius 1 is 0.682 bits per heavy atom. The number of rotatable bonds is 0. The van der Waals surface area contributed by atoms with Crippen molar-refractivity contribution in [2.24, 2.45) is 0 Å². The first-order valence-corrected chi connectivity index (χ1v) is 6.81. The number of benzene rings is 2. The first-order chi connectivity index (χ1) is 10.7. The van der Waals surface area contributed by atoms with E-state index in [1.807, 2.05) is 30.5 Å². The fourth-order valence-corrected chi connectivity index (χ4v) is 2.12. The van der Waals surface area contributed by atoms with Crippen LogP contribution in [0.15, 0.2) is 72.9 Å². The number of phenols is 1. The lowest BCUT2D eigenvalue weighted by atomic mass is 10.2. The van der Waals surface area contributed by atoms with Crippen LogP contribution in [0.3, 0.4) is 0 Å². The summed E-state index contributed by atoms with van der Waals surface area (Å²) in [6, 6.07) is 20.1. The van der Waals surface area contributed by atoms with E-state index in [2.05, 4.69) is 22.1 Å². The highest BCUT2D eigenvalue weighted by Gasteiger charge is 1.96. The number of pyridine rings is 2. The average Bonchev–Trinajstić information content (AvgIpc) is 2.56. The van der Waals surface area contributed by atoms with Gasteiger partial charge in [-0.05, 0) is 36.4 Å². The number of hydrogen-bond acceptors (Lipinski definition) is 4. The van der Waals surface area contributed by atoms with Crippen LogP contribution in [-0.2, 0) is 0 Å². The van der Waals surface area contributed by atoms with Crippen molar-refractivity contribution in [2.45, 2.75) is 0 Å². The topological polar surface area (TPSA) is 66.2 Å². The van der Waals surface area contributed by atoms with Crippen LogP contribution in [0.25, 0.3) is 21.8 Å². The van der Waals surface area contributed by atoms with E-state index in [-0.39, 0.29) is 11.6 Å². The maximum atomic E-state index is 9.11. The van der Waals surface area contributed by atoms with Gasteiger partial charge in [-0.2, -0.15) is 0 Å². The molecule has 2 aromatic heterocycles. The minimum Gasteiger partial charge on any atom is -0.508 e. The highest BCUT2D eigenvalue weighted by atomic mass is 16.3. The Kier molecular flexibility index (Phi) is 3.83. The molecule has 22 heavy (non-hydrogen) atoms. The Balaban J connectivity index is 0.000000133. The van der Waals surface area contributed by atoms with Crippen molar-refractivity contribution < 1.29 is 10.2 Å². The summed E-state index contributed by atoms with van der Waals surface area (Å²) >= 11 is 0. The van der Waals surface area contributed by atoms with Crippen molar-refractivity contribution in [3.8, 4) is 11.6 Å². The highest BCUT2D eigenvalue weighted by molar-refractivity contribution is 5.80. The van der Waals surface area contributed by atoms with Crippen molar-refractivity contribution in [3.63, 3.8) is 0 Å². The number of aromatic hydroxyl groups is 2. The van der Waals surface area contributed by atoms with Gasteiger partial charge in [0, 0.05) is 23.0 Å². The predicted octanol–water partition coefficient (Wildman–Crippen LogP) is 3.88. The van der Waals surface area contributed by atoms with Crippen LogP contribution in [0.4, 0.5) is 0 Å². The van der Waals surface area contributed by atoms with Gasteiger partial charge in [-0.25, -0.2) is 4.98 Å². The van der Waals surface area contributed by atoms with Gasteiger partial charge in [0.2, 0.25) is 5.88 Å². The zero-order chi connectivity index (χ0) is 15.4. The molecule has 0 amide bonds. The Bertz CT molecular complexity index is 816. The Hall–Kier alpha value is -3.14. The van der Waals surface area contributed by atoms with Crippen molar-refractivity contribution in [3.05, 3.63) is 72.9 Å². The number of fused-ring (bicyclic) bond motifs is 2. The van der Waals surface area contributed by atoms with Crippen LogP contribution in [0.2, 0.25) is 0 Å². The van der Waals surface area contributed by atoms with E-state index in [1.54, 1.807) is 18.2 Å². The SMILES string of the molecule is Oc1ccc2nc(O)ccc2c1.c1ccc2ncccc2c1. The molecule has 2 N–H and O–H groups in total. The van der Waals surface area contributed by atoms with Gasteiger partial charge in [-0.3, -0.25) is 4.98 Å². The molecule has 108 valence electrons. The highest BCUT2D eigenvalue weighted by Crippen LogP contribution is 2.19. The number of aromatic nitrogens is 2. The van der Waals surface area contributed by atoms with Crippen LogP contribution in [0.1, 0.15) is 0 Å². The summed E-state index contributed by atoms with van der Waals surface area (Å²) < 4.78 is 0. The quantitative estimate of drug-likeness (QED) is 0.516. The molecule has 0 spiro atoms. The molecule has 2 aromatic carbocycles. The summed E-state index contributed by atoms with van der Waals surface area (Å²) in [5.74, 6) is 0.197. The van der Waals surface area contributed by atoms with Crippen molar-refractivity contribution in [2.75, 3.05) is 0 Å². The van der Waals surface area contributed by atoms with E-state index < -0.39 is 0 Å². The normalized spacial score (nSPS) is 10.2. The predicted molar refractivity (Wildman–Crippen MR) is 86.8 cm³/mol. The third-order valence-electron chi connectivity index (χ3n) is 3.17. The number of hydrogen-bond donors (Lipinski definition) is 2. The number of para-hydroxylation sites is 1. The van der Waals surface area contributed by atoms with Gasteiger partial charge in [0.05, 0.1) is 11.0 Å². The molecule has 0 unspecified atom stereocenters. The zero-order valence-electron chi connectivity index (χ0n) is 11.7. The van der Waals surface area contributed by atoms with Crippen molar-refractivity contribution in [1.82, 2.24) is 9.97 Å². The van der Waals surface area contributed by atoms with E-state index in [4.69, 9.17) is 10.2 Å². The van der Waals surface area contributed by atoms with Crippen LogP contribution in [-0.4, -0.2) is 20.2 Å². The maximum absolute atomic E-state index is 9.11. The lowest BCUT2D eigenvalue weighted by Crippen LogP contribution is -1.77. The van der Waals surface area contributed by atoms with Gasteiger partial charge in [-0.1, -0.05) is 24.3 Å². The average molecular weight is 290 g/mol. The minimum absolute atomic E-state index is 0.00631. The summed E-state index contributed by atoms with van der Waals surface area (Å²) in [6.45, 7) is 0. The molecule has 4 aromatic rings. The van der Waals surface area contributed by atoms with E-state index in [0.29, 0.717) is 5.52 Å². The Morgan fingerprint density at radius 3 is 2.36 bits per heavy atom. The molecule has 4 nitrogen and oxygen atoms in total. The molecule has 0 aliphatic carbocycles. The summed E-state index contributed by atoms with van der Waals surface area (Å²) in [6.07, 6.45) is 1.81. The summed E-state index contributed by atoms with van der Waals surface area (Å²) in [4.78, 5) is 8.04. The molecular weight excluding hydrogens is 276 g/mol. The monoisotopic (exact) mass is 290 g/mol. The van der Waals surface area contributed by atoms with Gasteiger partial charge >= 0.3 is 0 Å². The fraction of sp³-hybridized carbons (Fsp3) is 0. The lowest BCUT2D eigenvalue weighted by Gasteiger charge is -1.97. The first-order valence-electron chi connectivity index (χ1n) is 6.81. The molecule has 2 heterocycles. The largest absolute Gasteiger partial charge is 0.508 e. The molecule has 0 aliphatic heterocycles. The van der Waals surface area contributed by atoms with Gasteiger partial charge in [0.1, 0.15) is 5.75 Å². The smallest absolute Gasteiger partial charge is 0.211 e. The maximum Gasteiger partial charge on any atom is 0.211 e. The Labute approximate surface area is 127 Å². The molecule has 0 fully saturated rings. The van der Waals surface area contributed by atoms with E-state index in [1.165, 1.54) is 17.5 Å². The van der Waals surface area contributed by atoms with E-state index in [9.17, 15) is 0 Å². The fourth-order valence-electron chi connectivity index (χ4n) is 2.12. The van der Waals surface area contributed by atoms with Gasteiger partial charge in [0.25, 0.3) is 0 Å². The molecular formula is C18H14N2O2. The molecule has 0 saturated heterocycles. The molecule has 4 heteroatoms. The second-order valence-electron chi connectivity index (χ2n) is 4.74. The van der Waals surface area contributed by atoms with Crippen LogP contribution >= 0.6 is 0 Å². The third-order valence-corrected chi connectivity index (χ3v) is 3.17. The summed E-state index contributed by atoms with van der Waals surface area (Å²) in [7, 11) is 0. The van der Waals surface area contributed by atoms with E-state index in [0.717, 1.165) is 10.9 Å². The standard InChI is InChI=1S/C9H7NO2.C9H7N/c11-7-2-3-8-6(5-7)1-4-9(12)10-8;1-2-6-9-8(4-1)5-3-7-10-9/h1-5,11H,(H,10,12);1-7H. The second kappa shape index (κ2) is 6.10. The lowest BCUT2D eigenvalue weighted by molar-refractivity contribution is 0.455. The number of phenolic OH excluding ortho intramolecular Hbond substituents is 1. The number of nitrogens with zero attached hydrogens (tertiary/aromatic N) is 2. The van der Waals surface area contributed by atoms with Crippen LogP contribution < -0.4 is 0 Å². The molecule has 4 rings (SSSR count). The zero-order valence-corrected chi connectivity index (χ0v) is 11.7. The molecule has 0 aliphatic rings. The van der Waals surface area contributed by atoms with Crippen molar-refractivity contribution in [1.29, 1.82) is 0 Å². The van der Waals surface area contributed by atoms with Gasteiger partial charge in [-0.15, -0.1) is 0 Å². The van der Waals surface area contributed by atoms with Gasteiger partial charge < -0.3 is 10.2 Å². The van der Waals surface area contributed by atoms with Crippen LogP contribution in [0, 0.1) is 0 Å². The third kappa shape index (κ3) is 3.12. The van der Waals surface area contributed by atoms with Gasteiger partial charge in [0.15, 0.2) is 0 Å². The molecule has 0 saturated carbocycles. The second-order valence-corrected chi connectivity index (χ2v) is 4.74. The molecule has 0 radical (unpaired) electrons. The molecule has 0 bridgehead atoms. The minimum atomic E-state index is -0.00631. The first kappa shape index (κ1) is 13.8. The Morgan fingerprint density at radius 2 is 1.50 bits per heavy atom. The van der Waals surface area contributed by atoms with E-state index >= 15 is 0 Å². The van der Waals surface area contributed by atoms with Crippen LogP contribution in [0.5, 0.6) is 11.6 Å².